The first-order valence-corrected chi connectivity index (χ1v) is 8.57. The number of aryl methyl sites for hydroxylation is 2. The highest BCUT2D eigenvalue weighted by Gasteiger charge is 2.20. The van der Waals surface area contributed by atoms with Gasteiger partial charge in [-0.25, -0.2) is 9.97 Å². The zero-order valence-corrected chi connectivity index (χ0v) is 14.4. The van der Waals surface area contributed by atoms with Crippen LogP contribution in [0.4, 0.5) is 17.5 Å². The molecule has 3 aromatic rings. The van der Waals surface area contributed by atoms with Crippen molar-refractivity contribution in [3.63, 3.8) is 0 Å². The Bertz CT molecular complexity index is 991. The van der Waals surface area contributed by atoms with E-state index in [1.807, 2.05) is 31.2 Å². The third-order valence-electron chi connectivity index (χ3n) is 4.68. The molecule has 128 valence electrons. The highest BCUT2D eigenvalue weighted by atomic mass is 16.1. The van der Waals surface area contributed by atoms with E-state index in [0.717, 1.165) is 29.6 Å². The van der Waals surface area contributed by atoms with Crippen LogP contribution in [0.15, 0.2) is 41.5 Å². The quantitative estimate of drug-likeness (QED) is 0.765. The average Bonchev–Trinajstić information content (AvgIpc) is 2.54. The van der Waals surface area contributed by atoms with E-state index in [2.05, 4.69) is 20.6 Å². The highest BCUT2D eigenvalue weighted by molar-refractivity contribution is 5.93. The van der Waals surface area contributed by atoms with Gasteiger partial charge in [0.1, 0.15) is 17.5 Å². The summed E-state index contributed by atoms with van der Waals surface area (Å²) >= 11 is 0. The summed E-state index contributed by atoms with van der Waals surface area (Å²) in [5.41, 5.74) is 1.09. The fourth-order valence-corrected chi connectivity index (χ4v) is 3.01. The van der Waals surface area contributed by atoms with Crippen molar-refractivity contribution in [2.45, 2.75) is 32.2 Å². The van der Waals surface area contributed by atoms with Crippen molar-refractivity contribution in [3.8, 4) is 0 Å². The van der Waals surface area contributed by atoms with Crippen LogP contribution in [0.3, 0.4) is 0 Å². The molecular weight excluding hydrogens is 314 g/mol. The Morgan fingerprint density at radius 3 is 2.76 bits per heavy atom. The van der Waals surface area contributed by atoms with Crippen LogP contribution in [0, 0.1) is 6.92 Å². The predicted octanol–water partition coefficient (Wildman–Crippen LogP) is 3.34. The normalized spacial score (nSPS) is 14.3. The minimum Gasteiger partial charge on any atom is -0.367 e. The molecular formula is C19H21N5O. The van der Waals surface area contributed by atoms with Crippen molar-refractivity contribution >= 4 is 28.2 Å². The summed E-state index contributed by atoms with van der Waals surface area (Å²) in [6, 6.07) is 8.15. The number of nitrogens with one attached hydrogen (secondary N) is 2. The Hall–Kier alpha value is -2.89. The van der Waals surface area contributed by atoms with Crippen molar-refractivity contribution in [2.75, 3.05) is 10.6 Å². The fraction of sp³-hybridized carbons (Fsp3) is 0.316. The third-order valence-corrected chi connectivity index (χ3v) is 4.68. The van der Waals surface area contributed by atoms with E-state index >= 15 is 0 Å². The van der Waals surface area contributed by atoms with Crippen LogP contribution in [0.25, 0.3) is 10.8 Å². The van der Waals surface area contributed by atoms with Gasteiger partial charge in [0.25, 0.3) is 5.56 Å². The van der Waals surface area contributed by atoms with Crippen molar-refractivity contribution in [2.24, 2.45) is 7.05 Å². The summed E-state index contributed by atoms with van der Waals surface area (Å²) in [7, 11) is 1.76. The molecule has 0 aromatic carbocycles. The second-order valence-corrected chi connectivity index (χ2v) is 6.67. The SMILES string of the molecule is Cc1ccnc(Nc2cc3ccn(C)c(=O)c3c(NC3CCC3)n2)c1. The number of aromatic nitrogens is 3. The van der Waals surface area contributed by atoms with Crippen LogP contribution < -0.4 is 16.2 Å². The lowest BCUT2D eigenvalue weighted by atomic mass is 9.93. The molecule has 2 N–H and O–H groups in total. The highest BCUT2D eigenvalue weighted by Crippen LogP contribution is 2.28. The molecule has 0 unspecified atom stereocenters. The topological polar surface area (TPSA) is 71.8 Å². The molecule has 25 heavy (non-hydrogen) atoms. The molecule has 4 rings (SSSR count). The monoisotopic (exact) mass is 335 g/mol. The lowest BCUT2D eigenvalue weighted by molar-refractivity contribution is 0.445. The molecule has 6 heteroatoms. The molecule has 6 nitrogen and oxygen atoms in total. The number of hydrogen-bond donors (Lipinski definition) is 2. The van der Waals surface area contributed by atoms with Gasteiger partial charge in [-0.15, -0.1) is 0 Å². The fourth-order valence-electron chi connectivity index (χ4n) is 3.01. The van der Waals surface area contributed by atoms with Crippen molar-refractivity contribution < 1.29 is 0 Å². The molecule has 1 aliphatic carbocycles. The second-order valence-electron chi connectivity index (χ2n) is 6.67. The Kier molecular flexibility index (Phi) is 3.87. The molecule has 0 spiro atoms. The number of rotatable bonds is 4. The van der Waals surface area contributed by atoms with Crippen molar-refractivity contribution in [3.05, 3.63) is 52.6 Å². The largest absolute Gasteiger partial charge is 0.367 e. The number of hydrogen-bond acceptors (Lipinski definition) is 5. The Morgan fingerprint density at radius 2 is 2.04 bits per heavy atom. The summed E-state index contributed by atoms with van der Waals surface area (Å²) in [4.78, 5) is 21.6. The number of pyridine rings is 3. The van der Waals surface area contributed by atoms with E-state index < -0.39 is 0 Å². The minimum absolute atomic E-state index is 0.0351. The van der Waals surface area contributed by atoms with E-state index in [0.29, 0.717) is 23.1 Å². The van der Waals surface area contributed by atoms with E-state index in [1.54, 1.807) is 24.0 Å². The number of anilines is 3. The lowest BCUT2D eigenvalue weighted by Gasteiger charge is -2.27. The Morgan fingerprint density at radius 1 is 1.20 bits per heavy atom. The van der Waals surface area contributed by atoms with Crippen molar-refractivity contribution in [1.82, 2.24) is 14.5 Å². The number of nitrogens with zero attached hydrogens (tertiary/aromatic N) is 3. The second kappa shape index (κ2) is 6.20. The molecule has 3 heterocycles. The van der Waals surface area contributed by atoms with Gasteiger partial charge in [-0.2, -0.15) is 0 Å². The van der Waals surface area contributed by atoms with E-state index in [1.165, 1.54) is 6.42 Å². The molecule has 0 radical (unpaired) electrons. The van der Waals surface area contributed by atoms with Gasteiger partial charge in [-0.3, -0.25) is 4.79 Å². The summed E-state index contributed by atoms with van der Waals surface area (Å²) < 4.78 is 1.59. The first-order chi connectivity index (χ1) is 12.1. The molecule has 0 saturated heterocycles. The zero-order chi connectivity index (χ0) is 17.4. The van der Waals surface area contributed by atoms with Crippen LogP contribution in [-0.2, 0) is 7.05 Å². The van der Waals surface area contributed by atoms with Crippen molar-refractivity contribution in [1.29, 1.82) is 0 Å². The van der Waals surface area contributed by atoms with E-state index in [-0.39, 0.29) is 5.56 Å². The van der Waals surface area contributed by atoms with Crippen LogP contribution in [0.1, 0.15) is 24.8 Å². The molecule has 0 atom stereocenters. The van der Waals surface area contributed by atoms with Gasteiger partial charge in [0, 0.05) is 25.5 Å². The number of fused-ring (bicyclic) bond motifs is 1. The molecule has 1 aliphatic rings. The maximum Gasteiger partial charge on any atom is 0.261 e. The first kappa shape index (κ1) is 15.6. The van der Waals surface area contributed by atoms with E-state index in [9.17, 15) is 4.79 Å². The summed E-state index contributed by atoms with van der Waals surface area (Å²) in [6.07, 6.45) is 7.01. The minimum atomic E-state index is -0.0351. The van der Waals surface area contributed by atoms with Crippen LogP contribution in [0.5, 0.6) is 0 Å². The predicted molar refractivity (Wildman–Crippen MR) is 101 cm³/mol. The van der Waals surface area contributed by atoms with Gasteiger partial charge in [0.2, 0.25) is 0 Å². The smallest absolute Gasteiger partial charge is 0.261 e. The van der Waals surface area contributed by atoms with Gasteiger partial charge in [-0.05, 0) is 61.4 Å². The molecule has 0 bridgehead atoms. The van der Waals surface area contributed by atoms with E-state index in [4.69, 9.17) is 0 Å². The zero-order valence-electron chi connectivity index (χ0n) is 14.4. The van der Waals surface area contributed by atoms with Gasteiger partial charge < -0.3 is 15.2 Å². The van der Waals surface area contributed by atoms with Gasteiger partial charge in [0.05, 0.1) is 5.39 Å². The Balaban J connectivity index is 1.80. The van der Waals surface area contributed by atoms with Gasteiger partial charge in [-0.1, -0.05) is 0 Å². The van der Waals surface area contributed by atoms with Gasteiger partial charge in [0.15, 0.2) is 0 Å². The average molecular weight is 335 g/mol. The van der Waals surface area contributed by atoms with Crippen LogP contribution in [-0.4, -0.2) is 20.6 Å². The van der Waals surface area contributed by atoms with Crippen LogP contribution >= 0.6 is 0 Å². The molecule has 1 saturated carbocycles. The third kappa shape index (κ3) is 3.07. The maximum atomic E-state index is 12.6. The lowest BCUT2D eigenvalue weighted by Crippen LogP contribution is -2.29. The molecule has 0 amide bonds. The standard InChI is InChI=1S/C19H21N5O/c1-12-6-8-20-15(10-12)22-16-11-13-7-9-24(2)19(25)17(13)18(23-16)21-14-4-3-5-14/h6-11,14H,3-5H2,1-2H3,(H2,20,21,22,23). The van der Waals surface area contributed by atoms with Crippen LogP contribution in [0.2, 0.25) is 0 Å². The summed E-state index contributed by atoms with van der Waals surface area (Å²) in [5.74, 6) is 2.07. The summed E-state index contributed by atoms with van der Waals surface area (Å²) in [5, 5.41) is 8.20. The van der Waals surface area contributed by atoms with Gasteiger partial charge >= 0.3 is 0 Å². The maximum absolute atomic E-state index is 12.6. The summed E-state index contributed by atoms with van der Waals surface area (Å²) in [6.45, 7) is 2.02. The molecule has 3 aromatic heterocycles. The molecule has 0 aliphatic heterocycles. The molecule has 1 fully saturated rings. The first-order valence-electron chi connectivity index (χ1n) is 8.57. The Labute approximate surface area is 145 Å².